The fourth-order valence-corrected chi connectivity index (χ4v) is 4.19. The summed E-state index contributed by atoms with van der Waals surface area (Å²) < 4.78 is 9.33. The van der Waals surface area contributed by atoms with Gasteiger partial charge in [0.2, 0.25) is 0 Å². The monoisotopic (exact) mass is 592 g/mol. The Morgan fingerprint density at radius 2 is 1.07 bits per heavy atom. The number of benzene rings is 4. The molecule has 0 aliphatic heterocycles. The number of hydrogen-bond donors (Lipinski definition) is 1. The molecule has 11 heteroatoms. The third-order valence-electron chi connectivity index (χ3n) is 7.04. The molecule has 0 radical (unpaired) electrons. The first-order chi connectivity index (χ1) is 21.3. The van der Waals surface area contributed by atoms with Crippen LogP contribution in [0.3, 0.4) is 0 Å². The van der Waals surface area contributed by atoms with Gasteiger partial charge in [0.25, 0.3) is 0 Å². The normalized spacial score (nSPS) is 11.8. The Balaban J connectivity index is 0.000000175. The first kappa shape index (κ1) is 29.9. The van der Waals surface area contributed by atoms with Crippen LogP contribution in [0.4, 0.5) is 0 Å². The second-order valence-corrected chi connectivity index (χ2v) is 10.4. The van der Waals surface area contributed by atoms with Crippen molar-refractivity contribution in [2.24, 2.45) is 10.3 Å². The number of aromatic nitrogens is 4. The largest absolute Gasteiger partial charge is 0.508 e. The summed E-state index contributed by atoms with van der Waals surface area (Å²) in [7, 11) is 0. The molecule has 4 aromatic carbocycles. The van der Waals surface area contributed by atoms with Crippen LogP contribution in [0.5, 0.6) is 5.75 Å². The molecule has 0 spiro atoms. The van der Waals surface area contributed by atoms with Crippen LogP contribution in [-0.2, 0) is 22.9 Å². The molecular formula is C33H32N6O5. The molecular weight excluding hydrogens is 560 g/mol. The van der Waals surface area contributed by atoms with Crippen molar-refractivity contribution in [3.05, 3.63) is 112 Å². The van der Waals surface area contributed by atoms with E-state index in [-0.39, 0.29) is 5.75 Å². The molecule has 2 heterocycles. The highest BCUT2D eigenvalue weighted by atomic mass is 16.6. The molecule has 1 N–H and O–H groups in total. The van der Waals surface area contributed by atoms with E-state index in [2.05, 4.69) is 72.2 Å². The van der Waals surface area contributed by atoms with Crippen molar-refractivity contribution < 1.29 is 24.0 Å². The minimum atomic E-state index is 0.270. The third kappa shape index (κ3) is 7.43. The van der Waals surface area contributed by atoms with E-state index >= 15 is 0 Å². The van der Waals surface area contributed by atoms with E-state index in [1.807, 2.05) is 63.2 Å². The van der Waals surface area contributed by atoms with Crippen molar-refractivity contribution in [1.29, 1.82) is 0 Å². The maximum absolute atomic E-state index is 9.53. The topological polar surface area (TPSA) is 141 Å². The van der Waals surface area contributed by atoms with E-state index in [9.17, 15) is 5.11 Å². The molecule has 0 bridgehead atoms. The number of nitrogens with zero attached hydrogens (tertiary/aromatic N) is 6. The number of rotatable bonds is 8. The van der Waals surface area contributed by atoms with Crippen molar-refractivity contribution in [1.82, 2.24) is 20.6 Å². The van der Waals surface area contributed by atoms with E-state index in [0.29, 0.717) is 24.2 Å². The van der Waals surface area contributed by atoms with Gasteiger partial charge in [0, 0.05) is 0 Å². The molecule has 44 heavy (non-hydrogen) atoms. The van der Waals surface area contributed by atoms with E-state index in [1.165, 1.54) is 11.1 Å². The van der Waals surface area contributed by atoms with Crippen molar-refractivity contribution >= 4 is 33.5 Å². The van der Waals surface area contributed by atoms with Gasteiger partial charge in [0.05, 0.1) is 11.4 Å². The van der Waals surface area contributed by atoms with Gasteiger partial charge in [-0.15, -0.1) is 0 Å². The van der Waals surface area contributed by atoms with Gasteiger partial charge in [-0.3, -0.25) is 0 Å². The van der Waals surface area contributed by atoms with Crippen LogP contribution in [0.1, 0.15) is 52.8 Å². The van der Waals surface area contributed by atoms with Crippen LogP contribution in [-0.4, -0.2) is 37.2 Å². The van der Waals surface area contributed by atoms with Gasteiger partial charge in [0.1, 0.15) is 41.0 Å². The molecule has 2 aromatic heterocycles. The second-order valence-electron chi connectivity index (χ2n) is 10.4. The van der Waals surface area contributed by atoms with Crippen LogP contribution in [0.25, 0.3) is 22.1 Å². The Morgan fingerprint density at radius 1 is 0.591 bits per heavy atom. The Kier molecular flexibility index (Phi) is 9.24. The molecule has 224 valence electrons. The molecule has 6 aromatic rings. The van der Waals surface area contributed by atoms with Gasteiger partial charge in [-0.1, -0.05) is 34.6 Å². The summed E-state index contributed by atoms with van der Waals surface area (Å²) in [5.41, 5.74) is 11.7. The quantitative estimate of drug-likeness (QED) is 0.147. The highest BCUT2D eigenvalue weighted by Gasteiger charge is 2.05. The lowest BCUT2D eigenvalue weighted by molar-refractivity contribution is 0.130. The molecule has 0 saturated heterocycles. The fourth-order valence-electron chi connectivity index (χ4n) is 4.19. The molecule has 6 rings (SSSR count). The van der Waals surface area contributed by atoms with Crippen molar-refractivity contribution in [3.63, 3.8) is 0 Å². The lowest BCUT2D eigenvalue weighted by Gasteiger charge is -2.05. The Labute approximate surface area is 253 Å². The zero-order valence-electron chi connectivity index (χ0n) is 25.1. The number of hydrogen-bond acceptors (Lipinski definition) is 11. The van der Waals surface area contributed by atoms with Gasteiger partial charge >= 0.3 is 0 Å². The van der Waals surface area contributed by atoms with Gasteiger partial charge in [-0.25, -0.2) is 9.26 Å². The summed E-state index contributed by atoms with van der Waals surface area (Å²) in [6.07, 6.45) is 0. The highest BCUT2D eigenvalue weighted by molar-refractivity contribution is 5.99. The number of phenolic OH excluding ortho intramolecular Hbond substituents is 1. The molecule has 0 atom stereocenters. The summed E-state index contributed by atoms with van der Waals surface area (Å²) in [6, 6.07) is 22.8. The number of phenols is 1. The van der Waals surface area contributed by atoms with Gasteiger partial charge in [-0.05, 0) is 143 Å². The summed E-state index contributed by atoms with van der Waals surface area (Å²) in [5.74, 6) is 0.270. The van der Waals surface area contributed by atoms with Crippen LogP contribution < -0.4 is 0 Å². The second kappa shape index (κ2) is 13.6. The summed E-state index contributed by atoms with van der Waals surface area (Å²) >= 11 is 0. The van der Waals surface area contributed by atoms with Gasteiger partial charge in [-0.2, -0.15) is 0 Å². The lowest BCUT2D eigenvalue weighted by atomic mass is 10.0. The third-order valence-corrected chi connectivity index (χ3v) is 7.04. The molecule has 0 fully saturated rings. The molecule has 0 amide bonds. The number of aryl methyl sites for hydroxylation is 3. The standard InChI is InChI=1S/C17H17N3O2.C16H15N3O3/c1-11-4-6-15(8-12(11)2)13(3)18-21-10-14-5-7-16-17(9-14)20-22-19-16;1-10-7-13(4-6-16(10)20)11(2)17-21-9-12-3-5-14-15(8-12)19-22-18-14/h4-9H,10H2,1-3H3;3-8,20H,9H2,1-2H3/b18-13+;17-11+. The zero-order chi connectivity index (χ0) is 31.1. The van der Waals surface area contributed by atoms with Crippen molar-refractivity contribution in [2.45, 2.75) is 47.8 Å². The van der Waals surface area contributed by atoms with E-state index in [1.54, 1.807) is 12.1 Å². The molecule has 0 aliphatic rings. The fraction of sp³-hybridized carbons (Fsp3) is 0.212. The first-order valence-electron chi connectivity index (χ1n) is 13.9. The van der Waals surface area contributed by atoms with Crippen LogP contribution in [0.15, 0.2) is 92.4 Å². The molecule has 11 nitrogen and oxygen atoms in total. The number of fused-ring (bicyclic) bond motifs is 2. The average Bonchev–Trinajstić information content (AvgIpc) is 3.69. The molecule has 0 saturated carbocycles. The van der Waals surface area contributed by atoms with E-state index < -0.39 is 0 Å². The SMILES string of the molecule is C/C(=N\OCc1ccc2nonc2c1)c1ccc(C)c(C)c1.C/C(=N\OCc1ccc2nonc2c1)c1ccc(O)c(C)c1. The van der Waals surface area contributed by atoms with Gasteiger partial charge < -0.3 is 14.8 Å². The van der Waals surface area contributed by atoms with Crippen LogP contribution in [0.2, 0.25) is 0 Å². The number of aromatic hydroxyl groups is 1. The highest BCUT2D eigenvalue weighted by Crippen LogP contribution is 2.18. The molecule has 0 unspecified atom stereocenters. The van der Waals surface area contributed by atoms with Crippen molar-refractivity contribution in [3.8, 4) is 5.75 Å². The predicted molar refractivity (Wildman–Crippen MR) is 166 cm³/mol. The maximum atomic E-state index is 9.53. The maximum Gasteiger partial charge on any atom is 0.142 e. The predicted octanol–water partition coefficient (Wildman–Crippen LogP) is 6.96. The molecule has 0 aliphatic carbocycles. The Bertz CT molecular complexity index is 1820. The smallest absolute Gasteiger partial charge is 0.142 e. The number of oxime groups is 2. The minimum absolute atomic E-state index is 0.270. The van der Waals surface area contributed by atoms with Crippen LogP contribution >= 0.6 is 0 Å². The van der Waals surface area contributed by atoms with Gasteiger partial charge in [0.15, 0.2) is 0 Å². The lowest BCUT2D eigenvalue weighted by Crippen LogP contribution is -1.98. The summed E-state index contributed by atoms with van der Waals surface area (Å²) in [5, 5.41) is 32.9. The zero-order valence-corrected chi connectivity index (χ0v) is 25.1. The minimum Gasteiger partial charge on any atom is -0.508 e. The first-order valence-corrected chi connectivity index (χ1v) is 13.9. The van der Waals surface area contributed by atoms with Crippen LogP contribution in [0, 0.1) is 20.8 Å². The summed E-state index contributed by atoms with van der Waals surface area (Å²) in [6.45, 7) is 10.5. The van der Waals surface area contributed by atoms with Crippen molar-refractivity contribution in [2.75, 3.05) is 0 Å². The Morgan fingerprint density at radius 3 is 1.57 bits per heavy atom. The summed E-state index contributed by atoms with van der Waals surface area (Å²) in [4.78, 5) is 10.8. The Hall–Kier alpha value is -5.58. The average molecular weight is 593 g/mol. The van der Waals surface area contributed by atoms with E-state index in [0.717, 1.165) is 50.3 Å². The van der Waals surface area contributed by atoms with E-state index in [4.69, 9.17) is 9.68 Å².